The third-order valence-corrected chi connectivity index (χ3v) is 5.18. The molecule has 122 valence electrons. The van der Waals surface area contributed by atoms with Gasteiger partial charge in [-0.1, -0.05) is 11.2 Å². The van der Waals surface area contributed by atoms with E-state index in [-0.39, 0.29) is 0 Å². The fourth-order valence-corrected chi connectivity index (χ4v) is 4.03. The van der Waals surface area contributed by atoms with E-state index in [4.69, 9.17) is 9.26 Å². The van der Waals surface area contributed by atoms with Gasteiger partial charge in [0.05, 0.1) is 12.8 Å². The highest BCUT2D eigenvalue weighted by atomic mass is 32.1. The summed E-state index contributed by atoms with van der Waals surface area (Å²) in [4.78, 5) is 4.97. The third-order valence-electron chi connectivity index (χ3n) is 4.17. The van der Waals surface area contributed by atoms with Crippen molar-refractivity contribution < 1.29 is 9.26 Å². The summed E-state index contributed by atoms with van der Waals surface area (Å²) < 4.78 is 10.9. The topological polar surface area (TPSA) is 38.5 Å². The van der Waals surface area contributed by atoms with Crippen LogP contribution in [-0.2, 0) is 11.3 Å². The number of methoxy groups -OCH3 is 1. The summed E-state index contributed by atoms with van der Waals surface area (Å²) >= 11 is 1.84. The number of ether oxygens (including phenoxy) is 1. The summed E-state index contributed by atoms with van der Waals surface area (Å²) in [6.07, 6.45) is 4.13. The molecule has 0 radical (unpaired) electrons. The van der Waals surface area contributed by atoms with E-state index >= 15 is 0 Å². The lowest BCUT2D eigenvalue weighted by molar-refractivity contribution is 0.157. The zero-order chi connectivity index (χ0) is 16.6. The summed E-state index contributed by atoms with van der Waals surface area (Å²) in [5.74, 6) is 1.76. The average Bonchev–Trinajstić information content (AvgIpc) is 3.01. The molecule has 3 heterocycles. The first kappa shape index (κ1) is 15.9. The standard InChI is InChI=1S/C18H22N2O2S/c1-11-8-16(14(4)23-11)10-20-9-15(6-7-17(20)21-5)18-12(2)19-22-13(18)3/h6-8H,9-10H2,1-5H3. The molecule has 0 saturated heterocycles. The Morgan fingerprint density at radius 3 is 2.61 bits per heavy atom. The van der Waals surface area contributed by atoms with Crippen LogP contribution in [0.4, 0.5) is 0 Å². The van der Waals surface area contributed by atoms with Gasteiger partial charge in [-0.3, -0.25) is 0 Å². The summed E-state index contributed by atoms with van der Waals surface area (Å²) in [5.41, 5.74) is 4.62. The van der Waals surface area contributed by atoms with Crippen molar-refractivity contribution >= 4 is 16.9 Å². The van der Waals surface area contributed by atoms with E-state index in [0.717, 1.165) is 36.0 Å². The lowest BCUT2D eigenvalue weighted by Gasteiger charge is -2.29. The van der Waals surface area contributed by atoms with Crippen molar-refractivity contribution in [3.05, 3.63) is 56.4 Å². The average molecular weight is 330 g/mol. The second-order valence-electron chi connectivity index (χ2n) is 5.89. The molecule has 0 bridgehead atoms. The lowest BCUT2D eigenvalue weighted by atomic mass is 10.0. The predicted molar refractivity (Wildman–Crippen MR) is 93.2 cm³/mol. The molecule has 0 aliphatic carbocycles. The number of hydrogen-bond acceptors (Lipinski definition) is 5. The van der Waals surface area contributed by atoms with Crippen LogP contribution < -0.4 is 0 Å². The van der Waals surface area contributed by atoms with Crippen LogP contribution in [0.3, 0.4) is 0 Å². The van der Waals surface area contributed by atoms with Gasteiger partial charge < -0.3 is 14.2 Å². The Hall–Kier alpha value is -2.01. The zero-order valence-corrected chi connectivity index (χ0v) is 15.1. The van der Waals surface area contributed by atoms with Gasteiger partial charge in [-0.15, -0.1) is 11.3 Å². The molecule has 0 aromatic carbocycles. The fraction of sp³-hybridized carbons (Fsp3) is 0.389. The number of rotatable bonds is 4. The van der Waals surface area contributed by atoms with E-state index in [9.17, 15) is 0 Å². The van der Waals surface area contributed by atoms with Gasteiger partial charge in [0.25, 0.3) is 0 Å². The van der Waals surface area contributed by atoms with Crippen LogP contribution in [0.1, 0.15) is 32.3 Å². The summed E-state index contributed by atoms with van der Waals surface area (Å²) in [5, 5.41) is 4.07. The van der Waals surface area contributed by atoms with Crippen LogP contribution in [0.5, 0.6) is 0 Å². The molecule has 3 rings (SSSR count). The van der Waals surface area contributed by atoms with Gasteiger partial charge in [-0.25, -0.2) is 0 Å². The highest BCUT2D eigenvalue weighted by Gasteiger charge is 2.22. The normalized spacial score (nSPS) is 14.7. The van der Waals surface area contributed by atoms with Crippen LogP contribution in [0.15, 0.2) is 28.6 Å². The molecule has 5 heteroatoms. The lowest BCUT2D eigenvalue weighted by Crippen LogP contribution is -2.28. The molecule has 0 spiro atoms. The maximum atomic E-state index is 5.56. The van der Waals surface area contributed by atoms with Gasteiger partial charge in [0.15, 0.2) is 5.88 Å². The summed E-state index contributed by atoms with van der Waals surface area (Å²) in [6.45, 7) is 9.91. The van der Waals surface area contributed by atoms with Crippen LogP contribution >= 0.6 is 11.3 Å². The maximum absolute atomic E-state index is 5.56. The molecular formula is C18H22N2O2S. The van der Waals surface area contributed by atoms with Crippen molar-refractivity contribution in [3.8, 4) is 0 Å². The molecular weight excluding hydrogens is 308 g/mol. The van der Waals surface area contributed by atoms with Crippen LogP contribution in [0.25, 0.3) is 5.57 Å². The van der Waals surface area contributed by atoms with Crippen LogP contribution in [0.2, 0.25) is 0 Å². The second kappa shape index (κ2) is 6.24. The summed E-state index contributed by atoms with van der Waals surface area (Å²) in [6, 6.07) is 2.27. The molecule has 0 unspecified atom stereocenters. The number of aromatic nitrogens is 1. The van der Waals surface area contributed by atoms with Crippen molar-refractivity contribution in [1.82, 2.24) is 10.1 Å². The molecule has 4 nitrogen and oxygen atoms in total. The minimum absolute atomic E-state index is 0.789. The number of aryl methyl sites for hydroxylation is 4. The van der Waals surface area contributed by atoms with Crippen LogP contribution in [0, 0.1) is 27.7 Å². The largest absolute Gasteiger partial charge is 0.482 e. The number of hydrogen-bond donors (Lipinski definition) is 0. The van der Waals surface area contributed by atoms with Gasteiger partial charge in [0.2, 0.25) is 0 Å². The Morgan fingerprint density at radius 1 is 1.26 bits per heavy atom. The van der Waals surface area contributed by atoms with Gasteiger partial charge in [-0.2, -0.15) is 0 Å². The number of thiophene rings is 1. The SMILES string of the molecule is COC1=CC=C(c2c(C)noc2C)CN1Cc1cc(C)sc1C. The van der Waals surface area contributed by atoms with Gasteiger partial charge >= 0.3 is 0 Å². The molecule has 0 amide bonds. The van der Waals surface area contributed by atoms with E-state index in [1.165, 1.54) is 20.9 Å². The molecule has 23 heavy (non-hydrogen) atoms. The Bertz CT molecular complexity index is 764. The molecule has 0 N–H and O–H groups in total. The van der Waals surface area contributed by atoms with E-state index in [0.29, 0.717) is 0 Å². The van der Waals surface area contributed by atoms with Crippen molar-refractivity contribution in [3.63, 3.8) is 0 Å². The van der Waals surface area contributed by atoms with Crippen molar-refractivity contribution in [2.24, 2.45) is 0 Å². The smallest absolute Gasteiger partial charge is 0.189 e. The fourth-order valence-electron chi connectivity index (χ4n) is 3.09. The van der Waals surface area contributed by atoms with Gasteiger partial charge in [-0.05, 0) is 51.0 Å². The summed E-state index contributed by atoms with van der Waals surface area (Å²) in [7, 11) is 1.72. The Labute approximate surface area is 141 Å². The van der Waals surface area contributed by atoms with E-state index in [1.807, 2.05) is 31.3 Å². The predicted octanol–water partition coefficient (Wildman–Crippen LogP) is 4.36. The van der Waals surface area contributed by atoms with E-state index in [1.54, 1.807) is 7.11 Å². The van der Waals surface area contributed by atoms with E-state index in [2.05, 4.69) is 36.0 Å². The second-order valence-corrected chi connectivity index (χ2v) is 7.36. The number of allylic oxidation sites excluding steroid dienone is 2. The third kappa shape index (κ3) is 3.06. The van der Waals surface area contributed by atoms with Crippen molar-refractivity contribution in [2.75, 3.05) is 13.7 Å². The first-order chi connectivity index (χ1) is 11.0. The molecule has 1 aliphatic heterocycles. The minimum Gasteiger partial charge on any atom is -0.482 e. The first-order valence-corrected chi connectivity index (χ1v) is 8.50. The monoisotopic (exact) mass is 330 g/mol. The molecule has 1 aliphatic rings. The van der Waals surface area contributed by atoms with Gasteiger partial charge in [0.1, 0.15) is 5.76 Å². The quantitative estimate of drug-likeness (QED) is 0.835. The van der Waals surface area contributed by atoms with Crippen molar-refractivity contribution in [1.29, 1.82) is 0 Å². The van der Waals surface area contributed by atoms with Crippen molar-refractivity contribution in [2.45, 2.75) is 34.2 Å². The van der Waals surface area contributed by atoms with Gasteiger partial charge in [0, 0.05) is 28.4 Å². The highest BCUT2D eigenvalue weighted by Crippen LogP contribution is 2.30. The van der Waals surface area contributed by atoms with Crippen LogP contribution in [-0.4, -0.2) is 23.7 Å². The highest BCUT2D eigenvalue weighted by molar-refractivity contribution is 7.12. The van der Waals surface area contributed by atoms with E-state index < -0.39 is 0 Å². The Morgan fingerprint density at radius 2 is 2.04 bits per heavy atom. The minimum atomic E-state index is 0.789. The number of nitrogens with zero attached hydrogens (tertiary/aromatic N) is 2. The molecule has 0 atom stereocenters. The molecule has 2 aromatic rings. The molecule has 2 aromatic heterocycles. The Kier molecular flexibility index (Phi) is 4.31. The molecule has 0 saturated carbocycles. The zero-order valence-electron chi connectivity index (χ0n) is 14.3. The first-order valence-electron chi connectivity index (χ1n) is 7.68. The molecule has 0 fully saturated rings. The maximum Gasteiger partial charge on any atom is 0.189 e. The Balaban J connectivity index is 1.89.